The molecule has 2 aliphatic carbocycles. The molecule has 106 valence electrons. The van der Waals surface area contributed by atoms with Gasteiger partial charge in [0.25, 0.3) is 0 Å². The van der Waals surface area contributed by atoms with E-state index < -0.39 is 0 Å². The minimum absolute atomic E-state index is 0.280. The predicted molar refractivity (Wildman–Crippen MR) is 77.1 cm³/mol. The van der Waals surface area contributed by atoms with Gasteiger partial charge in [-0.3, -0.25) is 11.3 Å². The Morgan fingerprint density at radius 3 is 2.44 bits per heavy atom. The number of hydrogen-bond acceptors (Lipinski definition) is 3. The maximum atomic E-state index is 5.92. The van der Waals surface area contributed by atoms with Crippen molar-refractivity contribution < 1.29 is 0 Å². The van der Waals surface area contributed by atoms with E-state index in [9.17, 15) is 0 Å². The molecule has 0 heterocycles. The second-order valence-corrected chi connectivity index (χ2v) is 6.95. The largest absolute Gasteiger partial charge is 0.302 e. The van der Waals surface area contributed by atoms with Crippen molar-refractivity contribution in [1.29, 1.82) is 0 Å². The zero-order valence-corrected chi connectivity index (χ0v) is 12.4. The number of hydrogen-bond donors (Lipinski definition) is 2. The first-order valence-corrected chi connectivity index (χ1v) is 7.72. The minimum atomic E-state index is 0.280. The van der Waals surface area contributed by atoms with Gasteiger partial charge in [0.15, 0.2) is 0 Å². The Kier molecular flexibility index (Phi) is 4.68. The Morgan fingerprint density at radius 2 is 2.00 bits per heavy atom. The second kappa shape index (κ2) is 5.89. The molecule has 0 spiro atoms. The topological polar surface area (TPSA) is 41.3 Å². The summed E-state index contributed by atoms with van der Waals surface area (Å²) in [6.07, 6.45) is 10.8. The third-order valence-corrected chi connectivity index (χ3v) is 5.54. The maximum Gasteiger partial charge on any atom is 0.0397 e. The van der Waals surface area contributed by atoms with Crippen LogP contribution in [0.5, 0.6) is 0 Å². The predicted octanol–water partition coefficient (Wildman–Crippen LogP) is 2.52. The molecule has 0 aliphatic heterocycles. The molecule has 0 amide bonds. The Labute approximate surface area is 112 Å². The lowest BCUT2D eigenvalue weighted by Gasteiger charge is -2.51. The van der Waals surface area contributed by atoms with E-state index in [0.29, 0.717) is 6.04 Å². The molecule has 2 rings (SSSR count). The van der Waals surface area contributed by atoms with Gasteiger partial charge in [-0.15, -0.1) is 0 Å². The average Bonchev–Trinajstić information content (AvgIpc) is 2.27. The van der Waals surface area contributed by atoms with Gasteiger partial charge in [0.2, 0.25) is 0 Å². The van der Waals surface area contributed by atoms with E-state index in [1.807, 2.05) is 0 Å². The summed E-state index contributed by atoms with van der Waals surface area (Å²) in [5, 5.41) is 0. The van der Waals surface area contributed by atoms with Gasteiger partial charge in [-0.25, -0.2) is 0 Å². The molecule has 0 bridgehead atoms. The fourth-order valence-electron chi connectivity index (χ4n) is 4.10. The molecule has 3 unspecified atom stereocenters. The first-order chi connectivity index (χ1) is 8.58. The van der Waals surface area contributed by atoms with Crippen molar-refractivity contribution in [3.8, 4) is 0 Å². The van der Waals surface area contributed by atoms with Crippen molar-refractivity contribution in [2.45, 2.75) is 69.9 Å². The lowest BCUT2D eigenvalue weighted by Crippen LogP contribution is -2.63. The Balaban J connectivity index is 2.09. The molecule has 2 saturated carbocycles. The van der Waals surface area contributed by atoms with E-state index in [4.69, 9.17) is 5.84 Å². The Bertz CT molecular complexity index is 262. The van der Waals surface area contributed by atoms with E-state index in [1.165, 1.54) is 51.4 Å². The molecular formula is C15H31N3. The first kappa shape index (κ1) is 14.3. The van der Waals surface area contributed by atoms with Crippen LogP contribution in [0.25, 0.3) is 0 Å². The molecule has 0 saturated heterocycles. The van der Waals surface area contributed by atoms with Gasteiger partial charge in [0, 0.05) is 11.6 Å². The summed E-state index contributed by atoms with van der Waals surface area (Å²) in [6.45, 7) is 2.40. The third-order valence-electron chi connectivity index (χ3n) is 5.54. The van der Waals surface area contributed by atoms with Crippen molar-refractivity contribution >= 4 is 0 Å². The third kappa shape index (κ3) is 2.73. The summed E-state index contributed by atoms with van der Waals surface area (Å²) in [4.78, 5) is 2.45. The minimum Gasteiger partial charge on any atom is -0.302 e. The molecule has 3 atom stereocenters. The first-order valence-electron chi connectivity index (χ1n) is 7.72. The number of nitrogens with one attached hydrogen (secondary N) is 1. The van der Waals surface area contributed by atoms with Crippen molar-refractivity contribution in [3.63, 3.8) is 0 Å². The van der Waals surface area contributed by atoms with Gasteiger partial charge in [-0.05, 0) is 45.2 Å². The highest BCUT2D eigenvalue weighted by atomic mass is 15.3. The van der Waals surface area contributed by atoms with E-state index in [1.54, 1.807) is 0 Å². The lowest BCUT2D eigenvalue weighted by molar-refractivity contribution is 0.0233. The van der Waals surface area contributed by atoms with Gasteiger partial charge in [-0.2, -0.15) is 0 Å². The van der Waals surface area contributed by atoms with Crippen LogP contribution < -0.4 is 11.3 Å². The maximum absolute atomic E-state index is 5.92. The molecule has 3 heteroatoms. The van der Waals surface area contributed by atoms with Crippen molar-refractivity contribution in [2.24, 2.45) is 17.7 Å². The monoisotopic (exact) mass is 253 g/mol. The highest BCUT2D eigenvalue weighted by Crippen LogP contribution is 2.41. The molecule has 0 aromatic carbocycles. The van der Waals surface area contributed by atoms with Crippen LogP contribution in [0.2, 0.25) is 0 Å². The number of rotatable bonds is 5. The zero-order chi connectivity index (χ0) is 13.2. The molecule has 2 fully saturated rings. The molecule has 0 aromatic rings. The quantitative estimate of drug-likeness (QED) is 0.584. The SMILES string of the molecule is CC1CCCC(C(CC2CCC2)NN)(N(C)C)C1. The molecule has 2 aliphatic rings. The van der Waals surface area contributed by atoms with Crippen LogP contribution >= 0.6 is 0 Å². The van der Waals surface area contributed by atoms with Crippen LogP contribution in [0.15, 0.2) is 0 Å². The van der Waals surface area contributed by atoms with Gasteiger partial charge in [0.05, 0.1) is 0 Å². The Morgan fingerprint density at radius 1 is 1.28 bits per heavy atom. The Hall–Kier alpha value is -0.120. The normalized spacial score (nSPS) is 35.5. The van der Waals surface area contributed by atoms with E-state index in [0.717, 1.165) is 11.8 Å². The fourth-order valence-corrected chi connectivity index (χ4v) is 4.10. The van der Waals surface area contributed by atoms with Crippen LogP contribution in [0.1, 0.15) is 58.3 Å². The van der Waals surface area contributed by atoms with E-state index >= 15 is 0 Å². The average molecular weight is 253 g/mol. The second-order valence-electron chi connectivity index (χ2n) is 6.95. The number of hydrazine groups is 1. The van der Waals surface area contributed by atoms with Gasteiger partial charge < -0.3 is 4.90 Å². The van der Waals surface area contributed by atoms with Crippen molar-refractivity contribution in [2.75, 3.05) is 14.1 Å². The summed E-state index contributed by atoms with van der Waals surface area (Å²) in [7, 11) is 4.48. The highest BCUT2D eigenvalue weighted by Gasteiger charge is 2.44. The van der Waals surface area contributed by atoms with Crippen LogP contribution in [0.4, 0.5) is 0 Å². The fraction of sp³-hybridized carbons (Fsp3) is 1.00. The van der Waals surface area contributed by atoms with Crippen molar-refractivity contribution in [3.05, 3.63) is 0 Å². The lowest BCUT2D eigenvalue weighted by atomic mass is 9.67. The van der Waals surface area contributed by atoms with E-state index in [-0.39, 0.29) is 5.54 Å². The summed E-state index contributed by atoms with van der Waals surface area (Å²) in [5.74, 6) is 7.67. The van der Waals surface area contributed by atoms with Crippen LogP contribution in [0.3, 0.4) is 0 Å². The number of likely N-dealkylation sites (N-methyl/N-ethyl adjacent to an activating group) is 1. The smallest absolute Gasteiger partial charge is 0.0397 e. The molecule has 0 aromatic heterocycles. The van der Waals surface area contributed by atoms with Crippen LogP contribution in [0, 0.1) is 11.8 Å². The summed E-state index contributed by atoms with van der Waals surface area (Å²) in [6, 6.07) is 0.459. The van der Waals surface area contributed by atoms with Crippen molar-refractivity contribution in [1.82, 2.24) is 10.3 Å². The molecular weight excluding hydrogens is 222 g/mol. The molecule has 3 nitrogen and oxygen atoms in total. The molecule has 0 radical (unpaired) electrons. The molecule has 18 heavy (non-hydrogen) atoms. The standard InChI is InChI=1S/C15H31N3/c1-12-6-5-9-15(11-12,18(2)3)14(17-16)10-13-7-4-8-13/h12-14,17H,4-11,16H2,1-3H3. The summed E-state index contributed by atoms with van der Waals surface area (Å²) in [5.41, 5.74) is 3.45. The van der Waals surface area contributed by atoms with E-state index in [2.05, 4.69) is 31.3 Å². The molecule has 3 N–H and O–H groups in total. The van der Waals surface area contributed by atoms with Crippen LogP contribution in [-0.2, 0) is 0 Å². The van der Waals surface area contributed by atoms with Gasteiger partial charge in [0.1, 0.15) is 0 Å². The number of nitrogens with zero attached hydrogens (tertiary/aromatic N) is 1. The summed E-state index contributed by atoms with van der Waals surface area (Å²) >= 11 is 0. The van der Waals surface area contributed by atoms with Crippen LogP contribution in [-0.4, -0.2) is 30.6 Å². The highest BCUT2D eigenvalue weighted by molar-refractivity contribution is 5.02. The van der Waals surface area contributed by atoms with Gasteiger partial charge >= 0.3 is 0 Å². The zero-order valence-electron chi connectivity index (χ0n) is 12.4. The van der Waals surface area contributed by atoms with Gasteiger partial charge in [-0.1, -0.05) is 39.0 Å². The number of nitrogens with two attached hydrogens (primary N) is 1. The summed E-state index contributed by atoms with van der Waals surface area (Å²) < 4.78 is 0.